The number of para-hydroxylation sites is 1. The zero-order chi connectivity index (χ0) is 22.7. The molecule has 0 bridgehead atoms. The van der Waals surface area contributed by atoms with Crippen LogP contribution in [0.5, 0.6) is 0 Å². The van der Waals surface area contributed by atoms with E-state index in [0.29, 0.717) is 53.8 Å². The highest BCUT2D eigenvalue weighted by Crippen LogP contribution is 2.31. The van der Waals surface area contributed by atoms with Crippen LogP contribution in [0.1, 0.15) is 25.8 Å². The van der Waals surface area contributed by atoms with Crippen molar-refractivity contribution in [2.24, 2.45) is 0 Å². The molecule has 1 aliphatic rings. The molecule has 1 amide bonds. The van der Waals surface area contributed by atoms with Gasteiger partial charge in [-0.05, 0) is 56.5 Å². The van der Waals surface area contributed by atoms with Gasteiger partial charge in [0, 0.05) is 37.0 Å². The van der Waals surface area contributed by atoms with E-state index in [0.717, 1.165) is 12.1 Å². The van der Waals surface area contributed by atoms with Crippen LogP contribution >= 0.6 is 23.4 Å². The number of thioether (sulfide) groups is 1. The summed E-state index contributed by atoms with van der Waals surface area (Å²) in [6.45, 7) is 6.15. The van der Waals surface area contributed by atoms with Crippen molar-refractivity contribution in [3.63, 3.8) is 0 Å². The highest BCUT2D eigenvalue weighted by atomic mass is 35.5. The number of anilines is 1. The van der Waals surface area contributed by atoms with E-state index in [-0.39, 0.29) is 11.5 Å². The van der Waals surface area contributed by atoms with Gasteiger partial charge in [0.05, 0.1) is 16.2 Å². The third-order valence-electron chi connectivity index (χ3n) is 5.54. The number of fused-ring (bicyclic) bond motifs is 2. The minimum atomic E-state index is -0.400. The fourth-order valence-corrected chi connectivity index (χ4v) is 5.09. The zero-order valence-corrected chi connectivity index (χ0v) is 19.8. The second-order valence-electron chi connectivity index (χ2n) is 7.69. The van der Waals surface area contributed by atoms with Crippen molar-refractivity contribution in [1.29, 1.82) is 0 Å². The molecule has 3 aromatic rings. The number of rotatable bonds is 8. The number of ether oxygens (including phenoxy) is 1. The van der Waals surface area contributed by atoms with Crippen LogP contribution in [0.3, 0.4) is 0 Å². The quantitative estimate of drug-likeness (QED) is 0.274. The molecule has 6 nitrogen and oxygen atoms in total. The molecule has 1 aliphatic heterocycles. The third-order valence-corrected chi connectivity index (χ3v) is 6.85. The first-order valence-electron chi connectivity index (χ1n) is 10.8. The molecule has 8 heteroatoms. The Kier molecular flexibility index (Phi) is 7.18. The first-order chi connectivity index (χ1) is 15.5. The number of hydrogen-bond acceptors (Lipinski definition) is 5. The van der Waals surface area contributed by atoms with Crippen LogP contribution in [0.2, 0.25) is 5.02 Å². The first kappa shape index (κ1) is 22.8. The zero-order valence-electron chi connectivity index (χ0n) is 18.2. The largest absolute Gasteiger partial charge is 0.382 e. The van der Waals surface area contributed by atoms with Crippen molar-refractivity contribution in [2.45, 2.75) is 43.6 Å². The molecule has 1 aromatic heterocycles. The topological polar surface area (TPSA) is 64.4 Å². The number of carbonyl (C=O) groups excluding carboxylic acids is 1. The van der Waals surface area contributed by atoms with E-state index in [1.165, 1.54) is 17.3 Å². The maximum absolute atomic E-state index is 13.3. The summed E-state index contributed by atoms with van der Waals surface area (Å²) in [5.74, 6) is 0.0151. The molecule has 0 spiro atoms. The van der Waals surface area contributed by atoms with E-state index >= 15 is 0 Å². The van der Waals surface area contributed by atoms with Crippen LogP contribution < -0.4 is 10.5 Å². The average Bonchev–Trinajstić information content (AvgIpc) is 3.21. The number of halogens is 1. The Labute approximate surface area is 196 Å². The van der Waals surface area contributed by atoms with Crippen LogP contribution in [0, 0.1) is 0 Å². The first-order valence-corrected chi connectivity index (χ1v) is 12.1. The highest BCUT2D eigenvalue weighted by molar-refractivity contribution is 8.00. The summed E-state index contributed by atoms with van der Waals surface area (Å²) in [4.78, 5) is 33.1. The molecule has 0 saturated heterocycles. The highest BCUT2D eigenvalue weighted by Gasteiger charge is 2.29. The Hall–Kier alpha value is -2.35. The van der Waals surface area contributed by atoms with E-state index in [9.17, 15) is 9.59 Å². The van der Waals surface area contributed by atoms with Gasteiger partial charge in [0.15, 0.2) is 5.16 Å². The maximum Gasteiger partial charge on any atom is 0.262 e. The Balaban J connectivity index is 1.63. The molecule has 0 fully saturated rings. The lowest BCUT2D eigenvalue weighted by Gasteiger charge is -2.22. The molecule has 0 aliphatic carbocycles. The van der Waals surface area contributed by atoms with Gasteiger partial charge in [0.25, 0.3) is 5.56 Å². The van der Waals surface area contributed by atoms with E-state index in [1.54, 1.807) is 22.8 Å². The van der Waals surface area contributed by atoms with Crippen LogP contribution in [0.4, 0.5) is 5.69 Å². The number of nitrogens with zero attached hydrogens (tertiary/aromatic N) is 3. The van der Waals surface area contributed by atoms with Crippen LogP contribution in [-0.2, 0) is 22.5 Å². The normalized spacial score (nSPS) is 14.0. The summed E-state index contributed by atoms with van der Waals surface area (Å²) in [5.41, 5.74) is 2.57. The van der Waals surface area contributed by atoms with E-state index in [2.05, 4.69) is 6.07 Å². The number of hydrogen-bond donors (Lipinski definition) is 0. The van der Waals surface area contributed by atoms with Crippen LogP contribution in [0.15, 0.2) is 52.4 Å². The molecule has 2 heterocycles. The summed E-state index contributed by atoms with van der Waals surface area (Å²) in [6.07, 6.45) is 1.54. The number of benzene rings is 2. The van der Waals surface area contributed by atoms with Crippen molar-refractivity contribution in [1.82, 2.24) is 9.55 Å². The molecule has 0 saturated carbocycles. The number of aromatic nitrogens is 2. The van der Waals surface area contributed by atoms with Crippen LogP contribution in [0.25, 0.3) is 10.9 Å². The second-order valence-corrected chi connectivity index (χ2v) is 9.44. The Morgan fingerprint density at radius 1 is 1.28 bits per heavy atom. The molecule has 0 N–H and O–H groups in total. The molecule has 168 valence electrons. The molecule has 1 unspecified atom stereocenters. The van der Waals surface area contributed by atoms with Gasteiger partial charge in [-0.2, -0.15) is 0 Å². The monoisotopic (exact) mass is 471 g/mol. The second kappa shape index (κ2) is 10.1. The molecule has 2 aromatic carbocycles. The molecule has 0 radical (unpaired) electrons. The van der Waals surface area contributed by atoms with Gasteiger partial charge in [-0.15, -0.1) is 0 Å². The Morgan fingerprint density at radius 3 is 2.91 bits per heavy atom. The molecule has 32 heavy (non-hydrogen) atoms. The fraction of sp³-hybridized carbons (Fsp3) is 0.375. The van der Waals surface area contributed by atoms with Crippen molar-refractivity contribution in [2.75, 3.05) is 24.7 Å². The van der Waals surface area contributed by atoms with Gasteiger partial charge < -0.3 is 9.64 Å². The van der Waals surface area contributed by atoms with Gasteiger partial charge in [0.1, 0.15) is 0 Å². The Morgan fingerprint density at radius 2 is 2.09 bits per heavy atom. The molecule has 4 rings (SSSR count). The lowest BCUT2D eigenvalue weighted by Crippen LogP contribution is -2.35. The average molecular weight is 472 g/mol. The fourth-order valence-electron chi connectivity index (χ4n) is 3.93. The van der Waals surface area contributed by atoms with E-state index in [4.69, 9.17) is 21.3 Å². The summed E-state index contributed by atoms with van der Waals surface area (Å²) in [6, 6.07) is 13.1. The number of amides is 1. The smallest absolute Gasteiger partial charge is 0.262 e. The number of carbonyl (C=O) groups is 1. The lowest BCUT2D eigenvalue weighted by molar-refractivity contribution is -0.117. The van der Waals surface area contributed by atoms with E-state index < -0.39 is 5.25 Å². The summed E-state index contributed by atoms with van der Waals surface area (Å²) >= 11 is 7.45. The summed E-state index contributed by atoms with van der Waals surface area (Å²) in [5, 5.41) is 1.16. The SMILES string of the molecule is CCOCCCn1c(SC(C)C(=O)N2CCc3ccccc32)nc2cc(Cl)ccc2c1=O. The predicted octanol–water partition coefficient (Wildman–Crippen LogP) is 4.55. The van der Waals surface area contributed by atoms with Crippen molar-refractivity contribution >= 4 is 45.9 Å². The van der Waals surface area contributed by atoms with Crippen molar-refractivity contribution in [3.05, 3.63) is 63.4 Å². The minimum Gasteiger partial charge on any atom is -0.382 e. The van der Waals surface area contributed by atoms with Crippen LogP contribution in [-0.4, -0.2) is 40.5 Å². The van der Waals surface area contributed by atoms with Gasteiger partial charge >= 0.3 is 0 Å². The van der Waals surface area contributed by atoms with Crippen molar-refractivity contribution < 1.29 is 9.53 Å². The lowest BCUT2D eigenvalue weighted by atomic mass is 10.2. The standard InChI is InChI=1S/C24H26ClN3O3S/c1-3-31-14-6-12-28-23(30)19-10-9-18(25)15-20(19)26-24(28)32-16(2)22(29)27-13-11-17-7-4-5-8-21(17)27/h4-5,7-10,15-16H,3,6,11-14H2,1-2H3. The third kappa shape index (κ3) is 4.70. The minimum absolute atomic E-state index is 0.0151. The predicted molar refractivity (Wildman–Crippen MR) is 130 cm³/mol. The maximum atomic E-state index is 13.3. The van der Waals surface area contributed by atoms with Gasteiger partial charge in [-0.25, -0.2) is 4.98 Å². The van der Waals surface area contributed by atoms with Gasteiger partial charge in [-0.3, -0.25) is 14.2 Å². The Bertz CT molecular complexity index is 1200. The van der Waals surface area contributed by atoms with E-state index in [1.807, 2.05) is 36.9 Å². The molecular formula is C24H26ClN3O3S. The summed E-state index contributed by atoms with van der Waals surface area (Å²) < 4.78 is 7.09. The van der Waals surface area contributed by atoms with Gasteiger partial charge in [0.2, 0.25) is 5.91 Å². The summed E-state index contributed by atoms with van der Waals surface area (Å²) in [7, 11) is 0. The van der Waals surface area contributed by atoms with Gasteiger partial charge in [-0.1, -0.05) is 41.6 Å². The molecule has 1 atom stereocenters. The molecular weight excluding hydrogens is 446 g/mol. The van der Waals surface area contributed by atoms with Crippen molar-refractivity contribution in [3.8, 4) is 0 Å².